The summed E-state index contributed by atoms with van der Waals surface area (Å²) in [5.41, 5.74) is 1.69. The Balaban J connectivity index is 1.57. The Bertz CT molecular complexity index is 863. The maximum absolute atomic E-state index is 12.3. The molecule has 3 rings (SSSR count). The number of nitrogens with one attached hydrogen (secondary N) is 1. The van der Waals surface area contributed by atoms with Crippen molar-refractivity contribution >= 4 is 28.5 Å². The Morgan fingerprint density at radius 2 is 2.16 bits per heavy atom. The molecule has 0 aliphatic heterocycles. The third-order valence-electron chi connectivity index (χ3n) is 3.87. The molecule has 0 saturated carbocycles. The number of furan rings is 1. The van der Waals surface area contributed by atoms with Gasteiger partial charge in [0.2, 0.25) is 5.91 Å². The van der Waals surface area contributed by atoms with Gasteiger partial charge in [0.25, 0.3) is 0 Å². The molecule has 6 heteroatoms. The zero-order valence-corrected chi connectivity index (χ0v) is 15.0. The van der Waals surface area contributed by atoms with E-state index in [0.717, 1.165) is 16.7 Å². The fraction of sp³-hybridized carbons (Fsp3) is 0.263. The molecule has 0 bridgehead atoms. The molecule has 3 aromatic rings. The summed E-state index contributed by atoms with van der Waals surface area (Å²) in [5.74, 6) is 0.641. The van der Waals surface area contributed by atoms with E-state index in [0.29, 0.717) is 17.3 Å². The van der Waals surface area contributed by atoms with Crippen LogP contribution in [0, 0.1) is 0 Å². The van der Waals surface area contributed by atoms with Crippen molar-refractivity contribution in [3.05, 3.63) is 65.1 Å². The minimum Gasteiger partial charge on any atom is -0.459 e. The van der Waals surface area contributed by atoms with Crippen molar-refractivity contribution in [2.45, 2.75) is 19.5 Å². The molecule has 0 spiro atoms. The summed E-state index contributed by atoms with van der Waals surface area (Å²) in [5, 5.41) is 4.55. The normalized spacial score (nSPS) is 12.5. The Hall–Kier alpha value is -2.37. The Labute approximate surface area is 151 Å². The first-order valence-electron chi connectivity index (χ1n) is 8.08. The lowest BCUT2D eigenvalue weighted by Gasteiger charge is -2.17. The van der Waals surface area contributed by atoms with Crippen LogP contribution < -0.4 is 5.32 Å². The molecular formula is C19H20ClN3O2. The van der Waals surface area contributed by atoms with E-state index in [1.54, 1.807) is 12.3 Å². The largest absolute Gasteiger partial charge is 0.459 e. The minimum absolute atomic E-state index is 0.0654. The van der Waals surface area contributed by atoms with E-state index in [1.165, 1.54) is 0 Å². The SMILES string of the molecule is CC(NC(=O)CN(C)Cc1ccccn1)c1cc2cc(Cl)ccc2o1. The Kier molecular flexibility index (Phi) is 5.36. The van der Waals surface area contributed by atoms with Crippen molar-refractivity contribution in [1.82, 2.24) is 15.2 Å². The van der Waals surface area contributed by atoms with Crippen LogP contribution in [0.3, 0.4) is 0 Å². The lowest BCUT2D eigenvalue weighted by molar-refractivity contribution is -0.122. The van der Waals surface area contributed by atoms with E-state index in [-0.39, 0.29) is 18.5 Å². The second-order valence-electron chi connectivity index (χ2n) is 6.11. The first-order chi connectivity index (χ1) is 12.0. The number of rotatable bonds is 6. The highest BCUT2D eigenvalue weighted by atomic mass is 35.5. The van der Waals surface area contributed by atoms with Crippen molar-refractivity contribution < 1.29 is 9.21 Å². The smallest absolute Gasteiger partial charge is 0.234 e. The van der Waals surface area contributed by atoms with E-state index in [9.17, 15) is 4.79 Å². The van der Waals surface area contributed by atoms with Gasteiger partial charge in [-0.15, -0.1) is 0 Å². The van der Waals surface area contributed by atoms with Crippen LogP contribution in [0.5, 0.6) is 0 Å². The van der Waals surface area contributed by atoms with E-state index in [4.69, 9.17) is 16.0 Å². The van der Waals surface area contributed by atoms with Gasteiger partial charge in [0.05, 0.1) is 18.3 Å². The summed E-state index contributed by atoms with van der Waals surface area (Å²) >= 11 is 5.99. The average molecular weight is 358 g/mol. The number of nitrogens with zero attached hydrogens (tertiary/aromatic N) is 2. The molecule has 1 aromatic carbocycles. The number of carbonyl (C=O) groups excluding carboxylic acids is 1. The van der Waals surface area contributed by atoms with Crippen LogP contribution in [0.2, 0.25) is 5.02 Å². The molecule has 1 amide bonds. The number of hydrogen-bond acceptors (Lipinski definition) is 4. The highest BCUT2D eigenvalue weighted by molar-refractivity contribution is 6.31. The predicted molar refractivity (Wildman–Crippen MR) is 98.4 cm³/mol. The number of hydrogen-bond donors (Lipinski definition) is 1. The van der Waals surface area contributed by atoms with Gasteiger partial charge in [-0.3, -0.25) is 14.7 Å². The summed E-state index contributed by atoms with van der Waals surface area (Å²) in [7, 11) is 1.89. The summed E-state index contributed by atoms with van der Waals surface area (Å²) in [6.45, 7) is 2.80. The van der Waals surface area contributed by atoms with Crippen molar-refractivity contribution in [3.63, 3.8) is 0 Å². The zero-order valence-electron chi connectivity index (χ0n) is 14.2. The van der Waals surface area contributed by atoms with Crippen LogP contribution in [0.25, 0.3) is 11.0 Å². The third kappa shape index (κ3) is 4.59. The maximum Gasteiger partial charge on any atom is 0.234 e. The topological polar surface area (TPSA) is 58.4 Å². The van der Waals surface area contributed by atoms with Crippen molar-refractivity contribution in [1.29, 1.82) is 0 Å². The summed E-state index contributed by atoms with van der Waals surface area (Å²) in [4.78, 5) is 18.4. The van der Waals surface area contributed by atoms with E-state index < -0.39 is 0 Å². The van der Waals surface area contributed by atoms with Crippen molar-refractivity contribution in [2.75, 3.05) is 13.6 Å². The number of halogens is 1. The minimum atomic E-state index is -0.220. The highest BCUT2D eigenvalue weighted by Crippen LogP contribution is 2.26. The van der Waals surface area contributed by atoms with Crippen LogP contribution in [-0.4, -0.2) is 29.4 Å². The molecule has 0 fully saturated rings. The molecule has 130 valence electrons. The number of aromatic nitrogens is 1. The molecular weight excluding hydrogens is 338 g/mol. The number of likely N-dealkylation sites (N-methyl/N-ethyl adjacent to an activating group) is 1. The van der Waals surface area contributed by atoms with Crippen LogP contribution in [0.1, 0.15) is 24.4 Å². The Morgan fingerprint density at radius 3 is 2.92 bits per heavy atom. The van der Waals surface area contributed by atoms with Crippen LogP contribution >= 0.6 is 11.6 Å². The van der Waals surface area contributed by atoms with Gasteiger partial charge < -0.3 is 9.73 Å². The fourth-order valence-corrected chi connectivity index (χ4v) is 2.86. The molecule has 0 aliphatic rings. The van der Waals surface area contributed by atoms with Gasteiger partial charge >= 0.3 is 0 Å². The molecule has 2 heterocycles. The molecule has 1 atom stereocenters. The summed E-state index contributed by atoms with van der Waals surface area (Å²) in [6.07, 6.45) is 1.75. The van der Waals surface area contributed by atoms with Gasteiger partial charge in [0, 0.05) is 23.2 Å². The lowest BCUT2D eigenvalue weighted by atomic mass is 10.2. The lowest BCUT2D eigenvalue weighted by Crippen LogP contribution is -2.36. The molecule has 1 N–H and O–H groups in total. The highest BCUT2D eigenvalue weighted by Gasteiger charge is 2.15. The van der Waals surface area contributed by atoms with E-state index >= 15 is 0 Å². The standard InChI is InChI=1S/C19H20ClN3O2/c1-13(18-10-14-9-15(20)6-7-17(14)25-18)22-19(24)12-23(2)11-16-5-3-4-8-21-16/h3-10,13H,11-12H2,1-2H3,(H,22,24). The molecule has 5 nitrogen and oxygen atoms in total. The predicted octanol–water partition coefficient (Wildman–Crippen LogP) is 3.79. The molecule has 2 aromatic heterocycles. The van der Waals surface area contributed by atoms with E-state index in [2.05, 4.69) is 10.3 Å². The van der Waals surface area contributed by atoms with Gasteiger partial charge in [-0.25, -0.2) is 0 Å². The van der Waals surface area contributed by atoms with Crippen molar-refractivity contribution in [2.24, 2.45) is 0 Å². The quantitative estimate of drug-likeness (QED) is 0.729. The number of carbonyl (C=O) groups is 1. The second kappa shape index (κ2) is 7.68. The number of pyridine rings is 1. The van der Waals surface area contributed by atoms with E-state index in [1.807, 2.05) is 55.3 Å². The molecule has 0 saturated heterocycles. The van der Waals surface area contributed by atoms with Gasteiger partial charge in [-0.05, 0) is 50.4 Å². The second-order valence-corrected chi connectivity index (χ2v) is 6.55. The van der Waals surface area contributed by atoms with Gasteiger partial charge in [-0.2, -0.15) is 0 Å². The Morgan fingerprint density at radius 1 is 1.32 bits per heavy atom. The molecule has 1 unspecified atom stereocenters. The van der Waals surface area contributed by atoms with Gasteiger partial charge in [0.1, 0.15) is 11.3 Å². The molecule has 0 aliphatic carbocycles. The van der Waals surface area contributed by atoms with Crippen LogP contribution in [0.4, 0.5) is 0 Å². The van der Waals surface area contributed by atoms with Gasteiger partial charge in [0.15, 0.2) is 0 Å². The first-order valence-corrected chi connectivity index (χ1v) is 8.46. The summed E-state index contributed by atoms with van der Waals surface area (Å²) in [6, 6.07) is 12.9. The molecule has 25 heavy (non-hydrogen) atoms. The number of benzene rings is 1. The molecule has 0 radical (unpaired) electrons. The number of amides is 1. The first kappa shape index (κ1) is 17.5. The fourth-order valence-electron chi connectivity index (χ4n) is 2.68. The van der Waals surface area contributed by atoms with Crippen molar-refractivity contribution in [3.8, 4) is 0 Å². The monoisotopic (exact) mass is 357 g/mol. The van der Waals surface area contributed by atoms with Gasteiger partial charge in [-0.1, -0.05) is 17.7 Å². The zero-order chi connectivity index (χ0) is 17.8. The summed E-state index contributed by atoms with van der Waals surface area (Å²) < 4.78 is 5.79. The van der Waals surface area contributed by atoms with Crippen LogP contribution in [-0.2, 0) is 11.3 Å². The number of fused-ring (bicyclic) bond motifs is 1. The third-order valence-corrected chi connectivity index (χ3v) is 4.11. The maximum atomic E-state index is 12.3. The average Bonchev–Trinajstić information content (AvgIpc) is 2.98. The van der Waals surface area contributed by atoms with Crippen LogP contribution in [0.15, 0.2) is 53.1 Å².